The van der Waals surface area contributed by atoms with Gasteiger partial charge in [-0.05, 0) is 0 Å². The molecule has 1 N–H and O–H groups in total. The Hall–Kier alpha value is -1.46. The third kappa shape index (κ3) is 3.51. The molecule has 0 spiro atoms. The molecule has 1 aromatic rings. The molecular formula is C8H10F2N2O2. The number of hydrogen-bond donors (Lipinski definition) is 1. The van der Waals surface area contributed by atoms with Crippen molar-refractivity contribution in [3.63, 3.8) is 0 Å². The van der Waals surface area contributed by atoms with Gasteiger partial charge >= 0.3 is 5.97 Å². The molecule has 0 aromatic carbocycles. The van der Waals surface area contributed by atoms with Crippen molar-refractivity contribution in [3.8, 4) is 0 Å². The first-order valence-electron chi connectivity index (χ1n) is 3.98. The van der Waals surface area contributed by atoms with Gasteiger partial charge in [-0.1, -0.05) is 0 Å². The molecule has 1 heterocycles. The minimum absolute atomic E-state index is 0.199. The molecule has 0 atom stereocenters. The molecule has 0 radical (unpaired) electrons. The van der Waals surface area contributed by atoms with E-state index in [4.69, 9.17) is 5.11 Å². The summed E-state index contributed by atoms with van der Waals surface area (Å²) >= 11 is 0. The van der Waals surface area contributed by atoms with Crippen molar-refractivity contribution >= 4 is 5.97 Å². The lowest BCUT2D eigenvalue weighted by molar-refractivity contribution is -0.136. The predicted molar refractivity (Wildman–Crippen MR) is 44.2 cm³/mol. The molecule has 0 unspecified atom stereocenters. The molecule has 0 aliphatic rings. The minimum atomic E-state index is -2.84. The van der Waals surface area contributed by atoms with E-state index in [2.05, 4.69) is 5.10 Å². The Balaban J connectivity index is 2.64. The number of carboxylic acid groups (broad SMARTS) is 1. The lowest BCUT2D eigenvalue weighted by atomic mass is 10.3. The Morgan fingerprint density at radius 1 is 1.71 bits per heavy atom. The van der Waals surface area contributed by atoms with Gasteiger partial charge in [-0.2, -0.15) is 5.10 Å². The van der Waals surface area contributed by atoms with Gasteiger partial charge in [-0.3, -0.25) is 9.48 Å². The molecule has 0 fully saturated rings. The van der Waals surface area contributed by atoms with Crippen LogP contribution in [0, 0.1) is 0 Å². The van der Waals surface area contributed by atoms with Crippen LogP contribution in [-0.2, 0) is 17.8 Å². The molecule has 4 nitrogen and oxygen atoms in total. The SMILES string of the molecule is CC(F)(F)Cn1cc(CC(=O)O)cn1. The lowest BCUT2D eigenvalue weighted by Gasteiger charge is -2.08. The van der Waals surface area contributed by atoms with Crippen molar-refractivity contribution in [1.29, 1.82) is 0 Å². The molecular weight excluding hydrogens is 194 g/mol. The van der Waals surface area contributed by atoms with Gasteiger partial charge < -0.3 is 5.11 Å². The normalized spacial score (nSPS) is 11.6. The van der Waals surface area contributed by atoms with Gasteiger partial charge in [0.2, 0.25) is 0 Å². The highest BCUT2D eigenvalue weighted by Crippen LogP contribution is 2.14. The van der Waals surface area contributed by atoms with Crippen molar-refractivity contribution in [3.05, 3.63) is 18.0 Å². The van der Waals surface area contributed by atoms with Crippen molar-refractivity contribution in [2.24, 2.45) is 0 Å². The summed E-state index contributed by atoms with van der Waals surface area (Å²) in [5, 5.41) is 12.1. The van der Waals surface area contributed by atoms with Crippen LogP contribution in [0.5, 0.6) is 0 Å². The summed E-state index contributed by atoms with van der Waals surface area (Å²) in [5.74, 6) is -3.85. The largest absolute Gasteiger partial charge is 0.481 e. The fourth-order valence-electron chi connectivity index (χ4n) is 1.04. The van der Waals surface area contributed by atoms with Gasteiger partial charge in [0.1, 0.15) is 6.54 Å². The summed E-state index contributed by atoms with van der Waals surface area (Å²) < 4.78 is 26.0. The van der Waals surface area contributed by atoms with E-state index >= 15 is 0 Å². The Bertz CT molecular complexity index is 330. The number of alkyl halides is 2. The van der Waals surface area contributed by atoms with Gasteiger partial charge in [0.25, 0.3) is 5.92 Å². The van der Waals surface area contributed by atoms with Gasteiger partial charge in [0.15, 0.2) is 0 Å². The standard InChI is InChI=1S/C8H10F2N2O2/c1-8(9,10)5-12-4-6(3-11-12)2-7(13)14/h3-4H,2,5H2,1H3,(H,13,14). The molecule has 1 aromatic heterocycles. The van der Waals surface area contributed by atoms with Crippen molar-refractivity contribution in [1.82, 2.24) is 9.78 Å². The van der Waals surface area contributed by atoms with E-state index in [9.17, 15) is 13.6 Å². The maximum absolute atomic E-state index is 12.5. The summed E-state index contributed by atoms with van der Waals surface area (Å²) in [6.07, 6.45) is 2.39. The number of aliphatic carboxylic acids is 1. The van der Waals surface area contributed by atoms with E-state index in [-0.39, 0.29) is 6.42 Å². The van der Waals surface area contributed by atoms with Crippen molar-refractivity contribution in [2.75, 3.05) is 0 Å². The van der Waals surface area contributed by atoms with E-state index in [1.807, 2.05) is 0 Å². The van der Waals surface area contributed by atoms with Crippen LogP contribution in [-0.4, -0.2) is 26.8 Å². The summed E-state index contributed by atoms with van der Waals surface area (Å²) in [7, 11) is 0. The highest BCUT2D eigenvalue weighted by molar-refractivity contribution is 5.69. The Kier molecular flexibility index (Phi) is 2.83. The predicted octanol–water partition coefficient (Wildman–Crippen LogP) is 1.17. The van der Waals surface area contributed by atoms with E-state index in [0.29, 0.717) is 5.56 Å². The van der Waals surface area contributed by atoms with Crippen LogP contribution in [0.2, 0.25) is 0 Å². The zero-order valence-corrected chi connectivity index (χ0v) is 7.57. The molecule has 14 heavy (non-hydrogen) atoms. The monoisotopic (exact) mass is 204 g/mol. The number of nitrogens with zero attached hydrogens (tertiary/aromatic N) is 2. The minimum Gasteiger partial charge on any atom is -0.481 e. The molecule has 0 amide bonds. The molecule has 0 aliphatic heterocycles. The molecule has 0 aliphatic carbocycles. The van der Waals surface area contributed by atoms with Crippen LogP contribution < -0.4 is 0 Å². The first-order valence-corrected chi connectivity index (χ1v) is 3.98. The number of carbonyl (C=O) groups is 1. The number of hydrogen-bond acceptors (Lipinski definition) is 2. The molecule has 0 bridgehead atoms. The van der Waals surface area contributed by atoms with Crippen LogP contribution in [0.4, 0.5) is 8.78 Å². The second-order valence-electron chi connectivity index (χ2n) is 3.19. The number of rotatable bonds is 4. The maximum Gasteiger partial charge on any atom is 0.307 e. The van der Waals surface area contributed by atoms with E-state index < -0.39 is 18.4 Å². The van der Waals surface area contributed by atoms with Crippen LogP contribution in [0.1, 0.15) is 12.5 Å². The summed E-state index contributed by atoms with van der Waals surface area (Å²) in [6, 6.07) is 0. The van der Waals surface area contributed by atoms with Crippen LogP contribution in [0.25, 0.3) is 0 Å². The average molecular weight is 204 g/mol. The quantitative estimate of drug-likeness (QED) is 0.800. The Labute approximate surface area is 79.2 Å². The van der Waals surface area contributed by atoms with Crippen LogP contribution >= 0.6 is 0 Å². The van der Waals surface area contributed by atoms with Gasteiger partial charge in [-0.15, -0.1) is 0 Å². The molecule has 0 saturated carbocycles. The van der Waals surface area contributed by atoms with Crippen LogP contribution in [0.3, 0.4) is 0 Å². The van der Waals surface area contributed by atoms with E-state index in [1.165, 1.54) is 12.4 Å². The highest BCUT2D eigenvalue weighted by atomic mass is 19.3. The topological polar surface area (TPSA) is 55.1 Å². The summed E-state index contributed by atoms with van der Waals surface area (Å²) in [6.45, 7) is 0.248. The average Bonchev–Trinajstić information content (AvgIpc) is 2.30. The smallest absolute Gasteiger partial charge is 0.307 e. The van der Waals surface area contributed by atoms with Gasteiger partial charge in [-0.25, -0.2) is 8.78 Å². The van der Waals surface area contributed by atoms with Crippen molar-refractivity contribution < 1.29 is 18.7 Å². The zero-order valence-electron chi connectivity index (χ0n) is 7.57. The lowest BCUT2D eigenvalue weighted by Crippen LogP contribution is -2.19. The molecule has 0 saturated heterocycles. The summed E-state index contributed by atoms with van der Waals surface area (Å²) in [4.78, 5) is 10.3. The fourth-order valence-corrected chi connectivity index (χ4v) is 1.04. The second-order valence-corrected chi connectivity index (χ2v) is 3.19. The molecule has 78 valence electrons. The molecule has 6 heteroatoms. The second kappa shape index (κ2) is 3.73. The molecule has 1 rings (SSSR count). The third-order valence-electron chi connectivity index (χ3n) is 1.48. The number of aromatic nitrogens is 2. The van der Waals surface area contributed by atoms with Gasteiger partial charge in [0.05, 0.1) is 12.6 Å². The van der Waals surface area contributed by atoms with Crippen LogP contribution in [0.15, 0.2) is 12.4 Å². The number of carboxylic acids is 1. The number of halogens is 2. The third-order valence-corrected chi connectivity index (χ3v) is 1.48. The maximum atomic E-state index is 12.5. The Morgan fingerprint density at radius 3 is 2.86 bits per heavy atom. The highest BCUT2D eigenvalue weighted by Gasteiger charge is 2.22. The first-order chi connectivity index (χ1) is 6.37. The Morgan fingerprint density at radius 2 is 2.36 bits per heavy atom. The van der Waals surface area contributed by atoms with Crippen molar-refractivity contribution in [2.45, 2.75) is 25.8 Å². The van der Waals surface area contributed by atoms with E-state index in [1.54, 1.807) is 0 Å². The first kappa shape index (κ1) is 10.6. The van der Waals surface area contributed by atoms with Gasteiger partial charge in [0, 0.05) is 18.7 Å². The summed E-state index contributed by atoms with van der Waals surface area (Å²) in [5.41, 5.74) is 0.418. The zero-order chi connectivity index (χ0) is 10.8. The van der Waals surface area contributed by atoms with E-state index in [0.717, 1.165) is 11.6 Å². The fraction of sp³-hybridized carbons (Fsp3) is 0.500.